The topological polar surface area (TPSA) is 50.8 Å². The fourth-order valence-electron chi connectivity index (χ4n) is 2.40. The molecule has 2 heterocycles. The number of piperazine rings is 1. The highest BCUT2D eigenvalue weighted by Crippen LogP contribution is 2.40. The lowest BCUT2D eigenvalue weighted by Crippen LogP contribution is -2.52. The summed E-state index contributed by atoms with van der Waals surface area (Å²) in [5, 5.41) is 3.68. The fraction of sp³-hybridized carbons (Fsp3) is 0.462. The number of nitrogens with one attached hydrogen (secondary N) is 1. The van der Waals surface area contributed by atoms with Crippen LogP contribution in [-0.2, 0) is 0 Å². The van der Waals surface area contributed by atoms with Gasteiger partial charge in [0.2, 0.25) is 6.79 Å². The number of nitrogens with zero attached hydrogens (tertiary/aromatic N) is 1. The van der Waals surface area contributed by atoms with Crippen molar-refractivity contribution in [3.05, 3.63) is 22.7 Å². The number of hydrogen-bond acceptors (Lipinski definition) is 4. The SMILES string of the molecule is C[C@H]1CNCCN1C(=O)c1cc(Cl)c2c(c1)OCO2.Cl. The van der Waals surface area contributed by atoms with Gasteiger partial charge in [0.05, 0.1) is 5.02 Å². The van der Waals surface area contributed by atoms with E-state index < -0.39 is 0 Å². The molecule has 1 saturated heterocycles. The Morgan fingerprint density at radius 3 is 3.00 bits per heavy atom. The Bertz CT molecular complexity index is 525. The highest BCUT2D eigenvalue weighted by atomic mass is 35.5. The fourth-order valence-corrected chi connectivity index (χ4v) is 2.66. The van der Waals surface area contributed by atoms with Crippen molar-refractivity contribution in [2.75, 3.05) is 26.4 Å². The van der Waals surface area contributed by atoms with E-state index in [2.05, 4.69) is 5.32 Å². The Labute approximate surface area is 128 Å². The smallest absolute Gasteiger partial charge is 0.254 e. The van der Waals surface area contributed by atoms with Crippen molar-refractivity contribution < 1.29 is 14.3 Å². The molecule has 7 heteroatoms. The minimum atomic E-state index is -0.0193. The van der Waals surface area contributed by atoms with Crippen LogP contribution in [0.2, 0.25) is 5.02 Å². The van der Waals surface area contributed by atoms with Crippen molar-refractivity contribution >= 4 is 29.9 Å². The van der Waals surface area contributed by atoms with E-state index in [9.17, 15) is 4.79 Å². The Morgan fingerprint density at radius 1 is 1.45 bits per heavy atom. The van der Waals surface area contributed by atoms with Gasteiger partial charge in [0.25, 0.3) is 5.91 Å². The van der Waals surface area contributed by atoms with Crippen LogP contribution in [-0.4, -0.2) is 43.3 Å². The highest BCUT2D eigenvalue weighted by molar-refractivity contribution is 6.32. The largest absolute Gasteiger partial charge is 0.454 e. The van der Waals surface area contributed by atoms with Crippen LogP contribution in [0.3, 0.4) is 0 Å². The van der Waals surface area contributed by atoms with Gasteiger partial charge < -0.3 is 19.7 Å². The summed E-state index contributed by atoms with van der Waals surface area (Å²) in [6.07, 6.45) is 0. The maximum absolute atomic E-state index is 12.5. The number of fused-ring (bicyclic) bond motifs is 1. The third-order valence-corrected chi connectivity index (χ3v) is 3.72. The number of carbonyl (C=O) groups excluding carboxylic acids is 1. The molecule has 20 heavy (non-hydrogen) atoms. The third-order valence-electron chi connectivity index (χ3n) is 3.44. The van der Waals surface area contributed by atoms with Gasteiger partial charge in [-0.3, -0.25) is 4.79 Å². The summed E-state index contributed by atoms with van der Waals surface area (Å²) in [5.41, 5.74) is 0.544. The molecule has 0 spiro atoms. The van der Waals surface area contributed by atoms with Crippen LogP contribution in [0, 0.1) is 0 Å². The van der Waals surface area contributed by atoms with Crippen LogP contribution in [0.15, 0.2) is 12.1 Å². The molecule has 1 N–H and O–H groups in total. The van der Waals surface area contributed by atoms with Gasteiger partial charge >= 0.3 is 0 Å². The van der Waals surface area contributed by atoms with Crippen molar-refractivity contribution in [3.8, 4) is 11.5 Å². The molecule has 3 rings (SSSR count). The molecule has 0 aliphatic carbocycles. The normalized spacial score (nSPS) is 20.5. The van der Waals surface area contributed by atoms with E-state index in [0.717, 1.165) is 13.1 Å². The maximum atomic E-state index is 12.5. The summed E-state index contributed by atoms with van der Waals surface area (Å²) in [4.78, 5) is 14.4. The van der Waals surface area contributed by atoms with Gasteiger partial charge in [-0.15, -0.1) is 12.4 Å². The van der Waals surface area contributed by atoms with Crippen molar-refractivity contribution in [1.29, 1.82) is 0 Å². The van der Waals surface area contributed by atoms with E-state index in [1.54, 1.807) is 12.1 Å². The summed E-state index contributed by atoms with van der Waals surface area (Å²) < 4.78 is 10.5. The van der Waals surface area contributed by atoms with Gasteiger partial charge in [0, 0.05) is 31.2 Å². The minimum absolute atomic E-state index is 0. The Hall–Kier alpha value is -1.17. The van der Waals surface area contributed by atoms with Gasteiger partial charge in [-0.25, -0.2) is 0 Å². The van der Waals surface area contributed by atoms with Crippen LogP contribution in [0.1, 0.15) is 17.3 Å². The number of amides is 1. The molecule has 1 fully saturated rings. The first-order valence-corrected chi connectivity index (χ1v) is 6.65. The molecule has 0 bridgehead atoms. The van der Waals surface area contributed by atoms with Gasteiger partial charge in [-0.1, -0.05) is 11.6 Å². The molecule has 0 unspecified atom stereocenters. The lowest BCUT2D eigenvalue weighted by Gasteiger charge is -2.34. The number of benzene rings is 1. The molecule has 1 amide bonds. The molecule has 1 aromatic rings. The Morgan fingerprint density at radius 2 is 2.25 bits per heavy atom. The molecule has 0 radical (unpaired) electrons. The molecule has 0 aromatic heterocycles. The molecule has 2 aliphatic rings. The van der Waals surface area contributed by atoms with E-state index in [1.165, 1.54) is 0 Å². The number of rotatable bonds is 1. The first-order chi connectivity index (χ1) is 9.16. The molecule has 110 valence electrons. The Kier molecular flexibility index (Phi) is 4.62. The predicted octanol–water partition coefficient (Wildman–Crippen LogP) is 1.92. The van der Waals surface area contributed by atoms with Crippen LogP contribution in [0.4, 0.5) is 0 Å². The van der Waals surface area contributed by atoms with Gasteiger partial charge in [0.1, 0.15) is 0 Å². The molecule has 1 aromatic carbocycles. The molecular formula is C13H16Cl2N2O3. The highest BCUT2D eigenvalue weighted by Gasteiger charge is 2.27. The van der Waals surface area contributed by atoms with Crippen LogP contribution >= 0.6 is 24.0 Å². The average Bonchev–Trinajstić information content (AvgIpc) is 2.87. The predicted molar refractivity (Wildman–Crippen MR) is 78.2 cm³/mol. The zero-order valence-electron chi connectivity index (χ0n) is 11.0. The molecule has 2 aliphatic heterocycles. The van der Waals surface area contributed by atoms with Gasteiger partial charge in [0.15, 0.2) is 11.5 Å². The number of ether oxygens (including phenoxy) is 2. The lowest BCUT2D eigenvalue weighted by atomic mass is 10.1. The molecule has 1 atom stereocenters. The molecular weight excluding hydrogens is 303 g/mol. The quantitative estimate of drug-likeness (QED) is 0.859. The average molecular weight is 319 g/mol. The standard InChI is InChI=1S/C13H15ClN2O3.ClH/c1-8-6-15-2-3-16(8)13(17)9-4-10(14)12-11(5-9)18-7-19-12;/h4-5,8,15H,2-3,6-7H2,1H3;1H/t8-;/m0./s1. The van der Waals surface area contributed by atoms with E-state index in [1.807, 2.05) is 11.8 Å². The first kappa shape index (κ1) is 15.2. The summed E-state index contributed by atoms with van der Waals surface area (Å²) >= 11 is 6.11. The lowest BCUT2D eigenvalue weighted by molar-refractivity contribution is 0.0655. The van der Waals surface area contributed by atoms with E-state index in [0.29, 0.717) is 28.6 Å². The molecule has 5 nitrogen and oxygen atoms in total. The second kappa shape index (κ2) is 6.08. The van der Waals surface area contributed by atoms with Crippen LogP contribution in [0.25, 0.3) is 0 Å². The summed E-state index contributed by atoms with van der Waals surface area (Å²) in [6.45, 7) is 4.50. The van der Waals surface area contributed by atoms with Crippen molar-refractivity contribution in [2.24, 2.45) is 0 Å². The molecule has 0 saturated carbocycles. The number of halogens is 2. The van der Waals surface area contributed by atoms with Crippen molar-refractivity contribution in [1.82, 2.24) is 10.2 Å². The Balaban J connectivity index is 0.00000147. The first-order valence-electron chi connectivity index (χ1n) is 6.27. The second-order valence-corrected chi connectivity index (χ2v) is 5.15. The van der Waals surface area contributed by atoms with E-state index in [4.69, 9.17) is 21.1 Å². The second-order valence-electron chi connectivity index (χ2n) is 4.74. The monoisotopic (exact) mass is 318 g/mol. The van der Waals surface area contributed by atoms with Crippen molar-refractivity contribution in [2.45, 2.75) is 13.0 Å². The summed E-state index contributed by atoms with van der Waals surface area (Å²) in [6, 6.07) is 3.52. The van der Waals surface area contributed by atoms with E-state index >= 15 is 0 Å². The third kappa shape index (κ3) is 2.66. The maximum Gasteiger partial charge on any atom is 0.254 e. The number of carbonyl (C=O) groups is 1. The van der Waals surface area contributed by atoms with Crippen LogP contribution < -0.4 is 14.8 Å². The summed E-state index contributed by atoms with van der Waals surface area (Å²) in [5.74, 6) is 1.04. The zero-order valence-corrected chi connectivity index (χ0v) is 12.6. The van der Waals surface area contributed by atoms with Crippen LogP contribution in [0.5, 0.6) is 11.5 Å². The van der Waals surface area contributed by atoms with Crippen molar-refractivity contribution in [3.63, 3.8) is 0 Å². The zero-order chi connectivity index (χ0) is 13.4. The summed E-state index contributed by atoms with van der Waals surface area (Å²) in [7, 11) is 0. The minimum Gasteiger partial charge on any atom is -0.454 e. The van der Waals surface area contributed by atoms with E-state index in [-0.39, 0.29) is 31.1 Å². The number of hydrogen-bond donors (Lipinski definition) is 1. The van der Waals surface area contributed by atoms with Gasteiger partial charge in [-0.2, -0.15) is 0 Å². The van der Waals surface area contributed by atoms with Gasteiger partial charge in [-0.05, 0) is 19.1 Å².